The van der Waals surface area contributed by atoms with Gasteiger partial charge in [-0.15, -0.1) is 11.8 Å². The van der Waals surface area contributed by atoms with E-state index < -0.39 is 16.2 Å². The van der Waals surface area contributed by atoms with Crippen molar-refractivity contribution in [3.63, 3.8) is 0 Å². The van der Waals surface area contributed by atoms with Gasteiger partial charge in [-0.1, -0.05) is 0 Å². The Balaban J connectivity index is 2.93. The molecule has 0 aliphatic rings. The lowest BCUT2D eigenvalue weighted by Gasteiger charge is -2.11. The number of nitro benzene ring substituents is 1. The Morgan fingerprint density at radius 1 is 1.30 bits per heavy atom. The molecule has 20 heavy (non-hydrogen) atoms. The number of aryl methyl sites for hydroxylation is 1. The Bertz CT molecular complexity index is 794. The standard InChI is InChI=1S/C12H13N3O4S/c1-3-13-10-5-4-8(15(18)19)6-9(10)11(16)14(7-20-2)12(13)17/h4-6H,3,7H2,1-2H3. The summed E-state index contributed by atoms with van der Waals surface area (Å²) in [6, 6.07) is 3.97. The van der Waals surface area contributed by atoms with Crippen molar-refractivity contribution in [1.82, 2.24) is 9.13 Å². The van der Waals surface area contributed by atoms with Crippen LogP contribution < -0.4 is 11.2 Å². The average molecular weight is 295 g/mol. The third-order valence-corrected chi connectivity index (χ3v) is 3.51. The van der Waals surface area contributed by atoms with Crippen LogP contribution in [0.25, 0.3) is 10.9 Å². The minimum Gasteiger partial charge on any atom is -0.293 e. The number of fused-ring (bicyclic) bond motifs is 1. The van der Waals surface area contributed by atoms with Gasteiger partial charge in [0.05, 0.1) is 21.7 Å². The van der Waals surface area contributed by atoms with E-state index >= 15 is 0 Å². The third-order valence-electron chi connectivity index (χ3n) is 2.99. The van der Waals surface area contributed by atoms with Crippen LogP contribution in [-0.4, -0.2) is 20.3 Å². The quantitative estimate of drug-likeness (QED) is 0.628. The normalized spacial score (nSPS) is 10.9. The number of hydrogen-bond acceptors (Lipinski definition) is 5. The zero-order valence-electron chi connectivity index (χ0n) is 11.0. The van der Waals surface area contributed by atoms with Crippen LogP contribution in [0.3, 0.4) is 0 Å². The van der Waals surface area contributed by atoms with Gasteiger partial charge >= 0.3 is 5.69 Å². The molecule has 1 aromatic heterocycles. The van der Waals surface area contributed by atoms with E-state index in [4.69, 9.17) is 0 Å². The molecular weight excluding hydrogens is 282 g/mol. The Labute approximate surface area is 118 Å². The van der Waals surface area contributed by atoms with Gasteiger partial charge in [0, 0.05) is 18.7 Å². The second-order valence-electron chi connectivity index (χ2n) is 4.14. The molecule has 0 aliphatic heterocycles. The van der Waals surface area contributed by atoms with E-state index in [9.17, 15) is 19.7 Å². The molecule has 0 radical (unpaired) electrons. The summed E-state index contributed by atoms with van der Waals surface area (Å²) in [4.78, 5) is 34.8. The molecule has 1 heterocycles. The van der Waals surface area contributed by atoms with Gasteiger partial charge in [0.1, 0.15) is 0 Å². The largest absolute Gasteiger partial charge is 0.332 e. The van der Waals surface area contributed by atoms with E-state index in [0.717, 1.165) is 4.57 Å². The fraction of sp³-hybridized carbons (Fsp3) is 0.333. The van der Waals surface area contributed by atoms with Gasteiger partial charge in [-0.2, -0.15) is 0 Å². The van der Waals surface area contributed by atoms with E-state index in [1.165, 1.54) is 34.5 Å². The Kier molecular flexibility index (Phi) is 3.93. The zero-order chi connectivity index (χ0) is 14.9. The highest BCUT2D eigenvalue weighted by molar-refractivity contribution is 7.97. The molecule has 0 fully saturated rings. The molecule has 0 bridgehead atoms. The summed E-state index contributed by atoms with van der Waals surface area (Å²) in [5.41, 5.74) is -0.627. The molecule has 0 saturated heterocycles. The van der Waals surface area contributed by atoms with Crippen LogP contribution in [0.4, 0.5) is 5.69 Å². The first kappa shape index (κ1) is 14.3. The molecule has 7 nitrogen and oxygen atoms in total. The predicted octanol–water partition coefficient (Wildman–Crippen LogP) is 1.41. The second kappa shape index (κ2) is 5.49. The van der Waals surface area contributed by atoms with E-state index in [1.807, 2.05) is 0 Å². The minimum absolute atomic E-state index is 0.161. The maximum atomic E-state index is 12.3. The molecule has 2 rings (SSSR count). The monoisotopic (exact) mass is 295 g/mol. The van der Waals surface area contributed by atoms with E-state index in [0.29, 0.717) is 12.1 Å². The summed E-state index contributed by atoms with van der Waals surface area (Å²) in [5, 5.41) is 11.0. The van der Waals surface area contributed by atoms with E-state index in [1.54, 1.807) is 13.2 Å². The van der Waals surface area contributed by atoms with Gasteiger partial charge in [-0.3, -0.25) is 19.5 Å². The number of hydrogen-bond donors (Lipinski definition) is 0. The van der Waals surface area contributed by atoms with Gasteiger partial charge in [0.15, 0.2) is 0 Å². The summed E-state index contributed by atoms with van der Waals surface area (Å²) in [5.74, 6) is 0.219. The number of nitro groups is 1. The smallest absolute Gasteiger partial charge is 0.293 e. The van der Waals surface area contributed by atoms with Gasteiger partial charge in [-0.25, -0.2) is 9.36 Å². The first-order chi connectivity index (χ1) is 9.51. The molecule has 0 unspecified atom stereocenters. The number of benzene rings is 1. The molecule has 0 aliphatic carbocycles. The van der Waals surface area contributed by atoms with Crippen LogP contribution in [0.5, 0.6) is 0 Å². The van der Waals surface area contributed by atoms with Crippen LogP contribution >= 0.6 is 11.8 Å². The highest BCUT2D eigenvalue weighted by Crippen LogP contribution is 2.17. The fourth-order valence-corrected chi connectivity index (χ4v) is 2.56. The number of rotatable bonds is 4. The fourth-order valence-electron chi connectivity index (χ4n) is 2.07. The van der Waals surface area contributed by atoms with Crippen molar-refractivity contribution >= 4 is 28.4 Å². The number of nitrogens with zero attached hydrogens (tertiary/aromatic N) is 3. The highest BCUT2D eigenvalue weighted by Gasteiger charge is 2.15. The van der Waals surface area contributed by atoms with Crippen LogP contribution in [0, 0.1) is 10.1 Å². The van der Waals surface area contributed by atoms with Crippen LogP contribution in [0.2, 0.25) is 0 Å². The van der Waals surface area contributed by atoms with Gasteiger partial charge in [0.25, 0.3) is 11.2 Å². The molecule has 0 amide bonds. The number of aromatic nitrogens is 2. The van der Waals surface area contributed by atoms with Crippen molar-refractivity contribution in [3.05, 3.63) is 49.2 Å². The summed E-state index contributed by atoms with van der Waals surface area (Å²) >= 11 is 1.34. The van der Waals surface area contributed by atoms with Gasteiger partial charge in [-0.05, 0) is 19.2 Å². The minimum atomic E-state index is -0.556. The molecular formula is C12H13N3O4S. The first-order valence-electron chi connectivity index (χ1n) is 5.92. The topological polar surface area (TPSA) is 87.1 Å². The van der Waals surface area contributed by atoms with Crippen molar-refractivity contribution in [1.29, 1.82) is 0 Å². The molecule has 0 saturated carbocycles. The van der Waals surface area contributed by atoms with Crippen molar-refractivity contribution in [2.45, 2.75) is 19.3 Å². The summed E-state index contributed by atoms with van der Waals surface area (Å²) in [7, 11) is 0. The molecule has 2 aromatic rings. The van der Waals surface area contributed by atoms with Crippen molar-refractivity contribution in [2.24, 2.45) is 0 Å². The maximum Gasteiger partial charge on any atom is 0.332 e. The molecule has 8 heteroatoms. The van der Waals surface area contributed by atoms with Crippen molar-refractivity contribution in [3.8, 4) is 0 Å². The first-order valence-corrected chi connectivity index (χ1v) is 7.31. The van der Waals surface area contributed by atoms with Crippen molar-refractivity contribution in [2.75, 3.05) is 6.26 Å². The number of non-ortho nitro benzene ring substituents is 1. The summed E-state index contributed by atoms with van der Waals surface area (Å²) in [6.45, 7) is 2.18. The molecule has 0 atom stereocenters. The van der Waals surface area contributed by atoms with Gasteiger partial charge < -0.3 is 0 Å². The molecule has 0 spiro atoms. The molecule has 106 valence electrons. The van der Waals surface area contributed by atoms with Crippen LogP contribution in [0.15, 0.2) is 27.8 Å². The lowest BCUT2D eigenvalue weighted by molar-refractivity contribution is -0.384. The molecule has 0 N–H and O–H groups in total. The lowest BCUT2D eigenvalue weighted by atomic mass is 10.2. The second-order valence-corrected chi connectivity index (χ2v) is 4.97. The Morgan fingerprint density at radius 2 is 2.00 bits per heavy atom. The van der Waals surface area contributed by atoms with Crippen molar-refractivity contribution < 1.29 is 4.92 Å². The molecule has 1 aromatic carbocycles. The summed E-state index contributed by atoms with van der Waals surface area (Å²) in [6.07, 6.45) is 1.78. The average Bonchev–Trinajstić information content (AvgIpc) is 2.43. The SMILES string of the molecule is CCn1c(=O)n(CSC)c(=O)c2cc([N+](=O)[O-])ccc21. The lowest BCUT2D eigenvalue weighted by Crippen LogP contribution is -2.39. The Hall–Kier alpha value is -2.09. The van der Waals surface area contributed by atoms with Gasteiger partial charge in [0.2, 0.25) is 0 Å². The Morgan fingerprint density at radius 3 is 2.55 bits per heavy atom. The van der Waals surface area contributed by atoms with E-state index in [2.05, 4.69) is 0 Å². The van der Waals surface area contributed by atoms with E-state index in [-0.39, 0.29) is 17.0 Å². The highest BCUT2D eigenvalue weighted by atomic mass is 32.2. The van der Waals surface area contributed by atoms with Crippen LogP contribution in [0.1, 0.15) is 6.92 Å². The predicted molar refractivity (Wildman–Crippen MR) is 78.3 cm³/mol. The third kappa shape index (κ3) is 2.22. The summed E-state index contributed by atoms with van der Waals surface area (Å²) < 4.78 is 2.54. The number of thioether (sulfide) groups is 1. The zero-order valence-corrected chi connectivity index (χ0v) is 11.8. The van der Waals surface area contributed by atoms with Crippen LogP contribution in [-0.2, 0) is 12.4 Å². The maximum absolute atomic E-state index is 12.3.